The Labute approximate surface area is 168 Å². The molecule has 4 rings (SSSR count). The zero-order valence-electron chi connectivity index (χ0n) is 16.4. The van der Waals surface area contributed by atoms with Crippen LogP contribution >= 0.6 is 0 Å². The fourth-order valence-corrected chi connectivity index (χ4v) is 5.02. The number of nitrogens with one attached hydrogen (secondary N) is 2. The molecular weight excluding hydrogens is 392 g/mol. The Hall–Kier alpha value is -2.94. The van der Waals surface area contributed by atoms with Crippen LogP contribution in [-0.4, -0.2) is 29.4 Å². The predicted molar refractivity (Wildman–Crippen MR) is 107 cm³/mol. The van der Waals surface area contributed by atoms with Crippen molar-refractivity contribution in [3.05, 3.63) is 47.1 Å². The van der Waals surface area contributed by atoms with Gasteiger partial charge in [-0.3, -0.25) is 9.52 Å². The summed E-state index contributed by atoms with van der Waals surface area (Å²) in [6.07, 6.45) is 3.14. The summed E-state index contributed by atoms with van der Waals surface area (Å²) < 4.78 is 34.8. The van der Waals surface area contributed by atoms with E-state index in [0.717, 1.165) is 19.3 Å². The average Bonchev–Trinajstić information content (AvgIpc) is 3.17. The Morgan fingerprint density at radius 1 is 1.21 bits per heavy atom. The Balaban J connectivity index is 1.73. The van der Waals surface area contributed by atoms with Crippen molar-refractivity contribution in [2.75, 3.05) is 4.72 Å². The summed E-state index contributed by atoms with van der Waals surface area (Å²) in [4.78, 5) is 14.7. The monoisotopic (exact) mass is 414 g/mol. The fourth-order valence-electron chi connectivity index (χ4n) is 3.52. The molecule has 0 atom stereocenters. The topological polar surface area (TPSA) is 118 Å². The number of sulfonamides is 1. The highest BCUT2D eigenvalue weighted by molar-refractivity contribution is 7.93. The summed E-state index contributed by atoms with van der Waals surface area (Å²) in [5.74, 6) is 0.848. The number of H-pyrrole nitrogens is 1. The maximum Gasteiger partial charge on any atom is 0.264 e. The number of ketones is 1. The van der Waals surface area contributed by atoms with Crippen molar-refractivity contribution in [1.29, 1.82) is 0 Å². The highest BCUT2D eigenvalue weighted by atomic mass is 32.2. The van der Waals surface area contributed by atoms with Gasteiger partial charge in [-0.05, 0) is 45.7 Å². The van der Waals surface area contributed by atoms with Gasteiger partial charge >= 0.3 is 0 Å². The van der Waals surface area contributed by atoms with Gasteiger partial charge in [0.05, 0.1) is 5.56 Å². The second-order valence-electron chi connectivity index (χ2n) is 7.39. The van der Waals surface area contributed by atoms with Crippen LogP contribution in [0, 0.1) is 13.8 Å². The SMILES string of the molecule is CC(=O)c1cccc(NS(=O)(=O)c2c(C)[nH]c(C)c2-c2nnc(C3CCC3)o2)c1. The first-order valence-electron chi connectivity index (χ1n) is 9.43. The van der Waals surface area contributed by atoms with Crippen LogP contribution in [0.5, 0.6) is 0 Å². The highest BCUT2D eigenvalue weighted by Gasteiger charge is 2.31. The third-order valence-corrected chi connectivity index (χ3v) is 6.77. The van der Waals surface area contributed by atoms with Gasteiger partial charge in [-0.2, -0.15) is 0 Å². The molecule has 2 N–H and O–H groups in total. The third kappa shape index (κ3) is 3.57. The molecule has 152 valence electrons. The number of anilines is 1. The summed E-state index contributed by atoms with van der Waals surface area (Å²) in [6, 6.07) is 6.38. The molecule has 1 fully saturated rings. The van der Waals surface area contributed by atoms with Crippen LogP contribution in [0.4, 0.5) is 5.69 Å². The van der Waals surface area contributed by atoms with Crippen molar-refractivity contribution in [2.45, 2.75) is 50.8 Å². The molecule has 1 aliphatic carbocycles. The normalized spacial score (nSPS) is 14.6. The highest BCUT2D eigenvalue weighted by Crippen LogP contribution is 2.39. The maximum atomic E-state index is 13.2. The summed E-state index contributed by atoms with van der Waals surface area (Å²) in [5.41, 5.74) is 2.20. The number of hydrogen-bond donors (Lipinski definition) is 2. The molecule has 0 spiro atoms. The minimum Gasteiger partial charge on any atom is -0.420 e. The fraction of sp³-hybridized carbons (Fsp3) is 0.350. The van der Waals surface area contributed by atoms with Crippen LogP contribution in [0.1, 0.15) is 59.7 Å². The smallest absolute Gasteiger partial charge is 0.264 e. The van der Waals surface area contributed by atoms with Crippen LogP contribution in [-0.2, 0) is 10.0 Å². The van der Waals surface area contributed by atoms with Gasteiger partial charge in [0.25, 0.3) is 15.9 Å². The first kappa shape index (κ1) is 19.4. The number of aromatic nitrogens is 3. The number of rotatable bonds is 6. The van der Waals surface area contributed by atoms with Crippen molar-refractivity contribution in [1.82, 2.24) is 15.2 Å². The van der Waals surface area contributed by atoms with E-state index in [-0.39, 0.29) is 22.5 Å². The average molecular weight is 414 g/mol. The van der Waals surface area contributed by atoms with Crippen molar-refractivity contribution in [3.63, 3.8) is 0 Å². The number of aromatic amines is 1. The standard InChI is InChI=1S/C20H22N4O4S/c1-11-17(20-23-22-19(28-20)14-6-4-7-14)18(12(2)21-11)29(26,27)24-16-9-5-8-15(10-16)13(3)25/h5,8-10,14,21,24H,4,6-7H2,1-3H3. The van der Waals surface area contributed by atoms with E-state index < -0.39 is 10.0 Å². The summed E-state index contributed by atoms with van der Waals surface area (Å²) in [7, 11) is -3.97. The second kappa shape index (κ2) is 7.14. The van der Waals surface area contributed by atoms with Crippen LogP contribution in [0.2, 0.25) is 0 Å². The van der Waals surface area contributed by atoms with Crippen LogP contribution in [0.15, 0.2) is 33.6 Å². The Kier molecular flexibility index (Phi) is 4.77. The minimum atomic E-state index is -3.97. The lowest BCUT2D eigenvalue weighted by Gasteiger charge is -2.20. The number of carbonyl (C=O) groups excluding carboxylic acids is 1. The van der Waals surface area contributed by atoms with Crippen LogP contribution in [0.3, 0.4) is 0 Å². The molecule has 9 heteroatoms. The molecule has 1 saturated carbocycles. The lowest BCUT2D eigenvalue weighted by molar-refractivity contribution is 0.101. The van der Waals surface area contributed by atoms with E-state index in [0.29, 0.717) is 34.1 Å². The molecule has 0 bridgehead atoms. The summed E-state index contributed by atoms with van der Waals surface area (Å²) in [5, 5.41) is 8.23. The molecule has 2 aromatic heterocycles. The molecular formula is C20H22N4O4S. The van der Waals surface area contributed by atoms with E-state index >= 15 is 0 Å². The predicted octanol–water partition coefficient (Wildman–Crippen LogP) is 3.95. The van der Waals surface area contributed by atoms with Gasteiger partial charge in [0.2, 0.25) is 5.89 Å². The maximum absolute atomic E-state index is 13.2. The second-order valence-corrected chi connectivity index (χ2v) is 9.01. The lowest BCUT2D eigenvalue weighted by atomic mass is 9.85. The zero-order chi connectivity index (χ0) is 20.8. The molecule has 1 aliphatic rings. The molecule has 0 amide bonds. The third-order valence-electron chi connectivity index (χ3n) is 5.22. The Morgan fingerprint density at radius 2 is 1.97 bits per heavy atom. The number of hydrogen-bond acceptors (Lipinski definition) is 6. The van der Waals surface area contributed by atoms with E-state index in [1.165, 1.54) is 13.0 Å². The molecule has 2 heterocycles. The largest absolute Gasteiger partial charge is 0.420 e. The van der Waals surface area contributed by atoms with Gasteiger partial charge < -0.3 is 9.40 Å². The quantitative estimate of drug-likeness (QED) is 0.590. The van der Waals surface area contributed by atoms with Gasteiger partial charge in [-0.15, -0.1) is 10.2 Å². The number of carbonyl (C=O) groups is 1. The number of nitrogens with zero attached hydrogens (tertiary/aromatic N) is 2. The van der Waals surface area contributed by atoms with E-state index in [1.807, 2.05) is 0 Å². The first-order valence-corrected chi connectivity index (χ1v) is 10.9. The Morgan fingerprint density at radius 3 is 2.62 bits per heavy atom. The summed E-state index contributed by atoms with van der Waals surface area (Å²) in [6.45, 7) is 4.88. The van der Waals surface area contributed by atoms with Gasteiger partial charge in [0, 0.05) is 28.6 Å². The zero-order valence-corrected chi connectivity index (χ0v) is 17.3. The van der Waals surface area contributed by atoms with Gasteiger partial charge in [-0.1, -0.05) is 18.6 Å². The molecule has 0 radical (unpaired) electrons. The van der Waals surface area contributed by atoms with Crippen molar-refractivity contribution in [3.8, 4) is 11.5 Å². The molecule has 1 aromatic carbocycles. The summed E-state index contributed by atoms with van der Waals surface area (Å²) >= 11 is 0. The van der Waals surface area contributed by atoms with E-state index in [4.69, 9.17) is 4.42 Å². The number of benzene rings is 1. The van der Waals surface area contributed by atoms with Crippen molar-refractivity contribution in [2.24, 2.45) is 0 Å². The van der Waals surface area contributed by atoms with Crippen LogP contribution < -0.4 is 4.72 Å². The first-order chi connectivity index (χ1) is 13.8. The van der Waals surface area contributed by atoms with Crippen molar-refractivity contribution < 1.29 is 17.6 Å². The molecule has 0 saturated heterocycles. The van der Waals surface area contributed by atoms with Crippen molar-refractivity contribution >= 4 is 21.5 Å². The van der Waals surface area contributed by atoms with E-state index in [1.54, 1.807) is 32.0 Å². The number of Topliss-reactive ketones (excluding diaryl/α,β-unsaturated/α-hetero) is 1. The molecule has 0 unspecified atom stereocenters. The number of aryl methyl sites for hydroxylation is 2. The molecule has 8 nitrogen and oxygen atoms in total. The lowest BCUT2D eigenvalue weighted by Crippen LogP contribution is -2.15. The molecule has 0 aliphatic heterocycles. The molecule has 29 heavy (non-hydrogen) atoms. The van der Waals surface area contributed by atoms with Gasteiger partial charge in [0.15, 0.2) is 5.78 Å². The van der Waals surface area contributed by atoms with E-state index in [2.05, 4.69) is 19.9 Å². The minimum absolute atomic E-state index is 0.0621. The van der Waals surface area contributed by atoms with Crippen LogP contribution in [0.25, 0.3) is 11.5 Å². The Bertz CT molecular complexity index is 1190. The van der Waals surface area contributed by atoms with Gasteiger partial charge in [-0.25, -0.2) is 8.42 Å². The van der Waals surface area contributed by atoms with E-state index in [9.17, 15) is 13.2 Å². The van der Waals surface area contributed by atoms with Gasteiger partial charge in [0.1, 0.15) is 4.90 Å². The molecule has 3 aromatic rings.